The Morgan fingerprint density at radius 3 is 0.840 bits per heavy atom. The first-order valence-corrected chi connectivity index (χ1v) is 25.5. The maximum atomic E-state index is 5.38. The molecule has 1 aromatic heterocycles. The van der Waals surface area contributed by atoms with Crippen molar-refractivity contribution >= 4 is 57.2 Å². The molecule has 5 nitrogen and oxygen atoms in total. The van der Waals surface area contributed by atoms with Crippen molar-refractivity contribution < 1.29 is 0 Å². The molecule has 0 unspecified atom stereocenters. The van der Waals surface area contributed by atoms with Gasteiger partial charge in [0.25, 0.3) is 6.71 Å². The number of hydrogen-bond donors (Lipinski definition) is 0. The molecule has 11 aromatic carbocycles. The molecule has 12 aromatic rings. The summed E-state index contributed by atoms with van der Waals surface area (Å²) in [6.45, 7) is -0.124. The Hall–Kier alpha value is -9.91. The van der Waals surface area contributed by atoms with Gasteiger partial charge >= 0.3 is 0 Å². The fourth-order valence-electron chi connectivity index (χ4n) is 11.1. The zero-order valence-electron chi connectivity index (χ0n) is 40.9. The van der Waals surface area contributed by atoms with E-state index in [0.717, 1.165) is 84.2 Å². The van der Waals surface area contributed by atoms with E-state index >= 15 is 0 Å². The minimum atomic E-state index is -0.124. The predicted octanol–water partition coefficient (Wildman–Crippen LogP) is 15.6. The Morgan fingerprint density at radius 2 is 0.493 bits per heavy atom. The van der Waals surface area contributed by atoms with Crippen LogP contribution in [-0.2, 0) is 0 Å². The zero-order chi connectivity index (χ0) is 49.7. The van der Waals surface area contributed by atoms with E-state index in [9.17, 15) is 0 Å². The Balaban J connectivity index is 1.07. The van der Waals surface area contributed by atoms with Gasteiger partial charge in [-0.25, -0.2) is 15.0 Å². The van der Waals surface area contributed by atoms with Crippen LogP contribution in [0.15, 0.2) is 279 Å². The predicted molar refractivity (Wildman–Crippen MR) is 312 cm³/mol. The summed E-state index contributed by atoms with van der Waals surface area (Å²) in [6.07, 6.45) is 0. The summed E-state index contributed by atoms with van der Waals surface area (Å²) in [5, 5.41) is 0. The third-order valence-electron chi connectivity index (χ3n) is 14.7. The molecule has 0 fully saturated rings. The van der Waals surface area contributed by atoms with E-state index in [1.807, 2.05) is 36.4 Å². The Kier molecular flexibility index (Phi) is 10.9. The van der Waals surface area contributed by atoms with Crippen LogP contribution in [0.1, 0.15) is 0 Å². The molecule has 0 amide bonds. The molecule has 2 aliphatic rings. The topological polar surface area (TPSA) is 45.2 Å². The summed E-state index contributed by atoms with van der Waals surface area (Å²) in [4.78, 5) is 20.9. The van der Waals surface area contributed by atoms with Crippen molar-refractivity contribution in [3.05, 3.63) is 279 Å². The maximum absolute atomic E-state index is 5.38. The smallest absolute Gasteiger partial charge is 0.252 e. The van der Waals surface area contributed by atoms with E-state index in [0.29, 0.717) is 17.5 Å². The minimum absolute atomic E-state index is 0.124. The van der Waals surface area contributed by atoms with Gasteiger partial charge in [0.05, 0.1) is 0 Å². The molecule has 350 valence electrons. The van der Waals surface area contributed by atoms with E-state index in [2.05, 4.69) is 252 Å². The van der Waals surface area contributed by atoms with Crippen LogP contribution in [0, 0.1) is 0 Å². The van der Waals surface area contributed by atoms with Crippen LogP contribution in [0.25, 0.3) is 78.7 Å². The second-order valence-corrected chi connectivity index (χ2v) is 19.2. The third-order valence-corrected chi connectivity index (χ3v) is 14.7. The van der Waals surface area contributed by atoms with Crippen molar-refractivity contribution in [2.45, 2.75) is 0 Å². The monoisotopic (exact) mass is 955 g/mol. The lowest BCUT2D eigenvalue weighted by Crippen LogP contribution is -2.61. The minimum Gasteiger partial charge on any atom is -0.311 e. The molecule has 2 aliphatic heterocycles. The Bertz CT molecular complexity index is 3770. The van der Waals surface area contributed by atoms with Gasteiger partial charge in [0, 0.05) is 50.8 Å². The molecule has 0 spiro atoms. The summed E-state index contributed by atoms with van der Waals surface area (Å²) < 4.78 is 0. The summed E-state index contributed by atoms with van der Waals surface area (Å²) in [5.41, 5.74) is 22.1. The van der Waals surface area contributed by atoms with Crippen LogP contribution in [0.5, 0.6) is 0 Å². The maximum Gasteiger partial charge on any atom is 0.252 e. The fourth-order valence-corrected chi connectivity index (χ4v) is 11.1. The lowest BCUT2D eigenvalue weighted by atomic mass is 9.33. The molecule has 0 saturated carbocycles. The second-order valence-electron chi connectivity index (χ2n) is 19.2. The molecule has 0 atom stereocenters. The van der Waals surface area contributed by atoms with Crippen molar-refractivity contribution in [1.29, 1.82) is 0 Å². The standard InChI is InChI=1S/C69H46BN5/c1-7-19-47(20-8-1)51-31-37-58(38-32-51)74-62-43-55(49-23-11-3-12-24-49)35-41-60(62)70-61-42-36-56(50-25-13-4-14-26-50)44-63(61)75(59-39-33-52(34-40-59)48-21-9-2-10-22-48)65-46-57(45-64(74)66(65)70)69-72-67(53-27-15-5-16-28-53)71-68(73-69)54-29-17-6-18-30-54/h1-46H. The van der Waals surface area contributed by atoms with Crippen LogP contribution in [0.2, 0.25) is 0 Å². The first kappa shape index (κ1) is 43.8. The van der Waals surface area contributed by atoms with Crippen molar-refractivity contribution in [2.24, 2.45) is 0 Å². The molecule has 0 radical (unpaired) electrons. The average Bonchev–Trinajstić information content (AvgIpc) is 3.50. The van der Waals surface area contributed by atoms with E-state index in [1.54, 1.807) is 0 Å². The van der Waals surface area contributed by atoms with Crippen LogP contribution in [0.4, 0.5) is 34.1 Å². The second kappa shape index (κ2) is 18.6. The van der Waals surface area contributed by atoms with Gasteiger partial charge in [0.15, 0.2) is 17.5 Å². The lowest BCUT2D eigenvalue weighted by molar-refractivity contribution is 1.07. The molecule has 3 heterocycles. The third kappa shape index (κ3) is 7.97. The number of fused-ring (bicyclic) bond motifs is 4. The van der Waals surface area contributed by atoms with Gasteiger partial charge in [-0.05, 0) is 109 Å². The first-order valence-electron chi connectivity index (χ1n) is 25.5. The van der Waals surface area contributed by atoms with Gasteiger partial charge in [-0.2, -0.15) is 0 Å². The first-order chi connectivity index (χ1) is 37.2. The fraction of sp³-hybridized carbons (Fsp3) is 0. The molecule has 75 heavy (non-hydrogen) atoms. The van der Waals surface area contributed by atoms with Gasteiger partial charge in [-0.15, -0.1) is 0 Å². The number of rotatable bonds is 9. The van der Waals surface area contributed by atoms with Gasteiger partial charge in [0.2, 0.25) is 0 Å². The zero-order valence-corrected chi connectivity index (χ0v) is 40.9. The highest BCUT2D eigenvalue weighted by Gasteiger charge is 2.44. The highest BCUT2D eigenvalue weighted by molar-refractivity contribution is 7.00. The average molecular weight is 956 g/mol. The van der Waals surface area contributed by atoms with Crippen LogP contribution < -0.4 is 26.2 Å². The lowest BCUT2D eigenvalue weighted by Gasteiger charge is -2.44. The number of anilines is 6. The number of aromatic nitrogens is 3. The Labute approximate surface area is 437 Å². The molecule has 0 N–H and O–H groups in total. The van der Waals surface area contributed by atoms with E-state index < -0.39 is 0 Å². The summed E-state index contributed by atoms with van der Waals surface area (Å²) in [5.74, 6) is 1.81. The Morgan fingerprint density at radius 1 is 0.227 bits per heavy atom. The van der Waals surface area contributed by atoms with Gasteiger partial charge in [-0.3, -0.25) is 0 Å². The van der Waals surface area contributed by atoms with E-state index in [-0.39, 0.29) is 6.71 Å². The molecular formula is C69H46BN5. The molecule has 6 heteroatoms. The normalized spacial score (nSPS) is 12.2. The SMILES string of the molecule is c1ccc(-c2ccc(N3c4cc(-c5ccccc5)ccc4B4c5ccc(-c6ccccc6)cc5N(c5ccc(-c6ccccc6)cc5)c5cc(-c6nc(-c7ccccc7)nc(-c7ccccc7)n6)cc3c54)cc2)cc1. The molecule has 0 aliphatic carbocycles. The largest absolute Gasteiger partial charge is 0.311 e. The van der Waals surface area contributed by atoms with Crippen LogP contribution in [0.3, 0.4) is 0 Å². The molecular weight excluding hydrogens is 910 g/mol. The number of benzene rings is 11. The van der Waals surface area contributed by atoms with Crippen molar-refractivity contribution in [3.8, 4) is 78.7 Å². The number of nitrogens with zero attached hydrogens (tertiary/aromatic N) is 5. The van der Waals surface area contributed by atoms with Crippen molar-refractivity contribution in [2.75, 3.05) is 9.80 Å². The van der Waals surface area contributed by atoms with Gasteiger partial charge in [0.1, 0.15) is 0 Å². The number of hydrogen-bond acceptors (Lipinski definition) is 5. The summed E-state index contributed by atoms with van der Waals surface area (Å²) >= 11 is 0. The quantitative estimate of drug-likeness (QED) is 0.135. The molecule has 0 saturated heterocycles. The highest BCUT2D eigenvalue weighted by Crippen LogP contribution is 2.48. The van der Waals surface area contributed by atoms with E-state index in [1.165, 1.54) is 27.5 Å². The van der Waals surface area contributed by atoms with Crippen LogP contribution >= 0.6 is 0 Å². The van der Waals surface area contributed by atoms with E-state index in [4.69, 9.17) is 15.0 Å². The van der Waals surface area contributed by atoms with Crippen LogP contribution in [-0.4, -0.2) is 21.7 Å². The van der Waals surface area contributed by atoms with Gasteiger partial charge < -0.3 is 9.80 Å². The highest BCUT2D eigenvalue weighted by atomic mass is 15.2. The molecule has 14 rings (SSSR count). The van der Waals surface area contributed by atoms with Crippen molar-refractivity contribution in [3.63, 3.8) is 0 Å². The summed E-state index contributed by atoms with van der Waals surface area (Å²) in [6, 6.07) is 100. The van der Waals surface area contributed by atoms with Crippen molar-refractivity contribution in [1.82, 2.24) is 15.0 Å². The molecule has 0 bridgehead atoms. The van der Waals surface area contributed by atoms with Gasteiger partial charge in [-0.1, -0.05) is 231 Å². The summed E-state index contributed by atoms with van der Waals surface area (Å²) in [7, 11) is 0.